The van der Waals surface area contributed by atoms with Crippen molar-refractivity contribution in [3.05, 3.63) is 56.2 Å². The Morgan fingerprint density at radius 2 is 2.00 bits per heavy atom. The molecule has 0 aliphatic rings. The molecule has 0 saturated carbocycles. The maximum atomic E-state index is 12.5. The van der Waals surface area contributed by atoms with Gasteiger partial charge in [-0.3, -0.25) is 14.4 Å². The Morgan fingerprint density at radius 3 is 2.64 bits per heavy atom. The van der Waals surface area contributed by atoms with Crippen LogP contribution in [0.25, 0.3) is 0 Å². The lowest BCUT2D eigenvalue weighted by Gasteiger charge is -2.22. The smallest absolute Gasteiger partial charge is 0.325 e. The van der Waals surface area contributed by atoms with Gasteiger partial charge < -0.3 is 15.0 Å². The van der Waals surface area contributed by atoms with Gasteiger partial charge in [-0.15, -0.1) is 11.3 Å². The molecule has 0 fully saturated rings. The molecule has 1 heterocycles. The van der Waals surface area contributed by atoms with Crippen LogP contribution in [0.15, 0.2) is 35.7 Å². The Labute approximate surface area is 177 Å². The van der Waals surface area contributed by atoms with E-state index in [-0.39, 0.29) is 37.9 Å². The number of carbonyl (C=O) groups is 3. The molecule has 6 nitrogen and oxygen atoms in total. The molecule has 9 heteroatoms. The SMILES string of the molecule is COC(=O)CN(CCc1ccc(Cl)cc1Cl)C(=O)CCNC(=O)c1cccs1. The van der Waals surface area contributed by atoms with Gasteiger partial charge in [-0.05, 0) is 35.6 Å². The van der Waals surface area contributed by atoms with Crippen LogP contribution in [-0.2, 0) is 20.7 Å². The first-order valence-electron chi connectivity index (χ1n) is 8.51. The molecule has 0 aliphatic carbocycles. The Morgan fingerprint density at radius 1 is 1.21 bits per heavy atom. The van der Waals surface area contributed by atoms with Crippen LogP contribution in [0.5, 0.6) is 0 Å². The molecule has 0 bridgehead atoms. The molecule has 2 rings (SSSR count). The molecule has 1 aromatic heterocycles. The van der Waals surface area contributed by atoms with Crippen molar-refractivity contribution in [1.82, 2.24) is 10.2 Å². The van der Waals surface area contributed by atoms with Crippen LogP contribution >= 0.6 is 34.5 Å². The minimum atomic E-state index is -0.516. The lowest BCUT2D eigenvalue weighted by molar-refractivity contribution is -0.147. The second-order valence-electron chi connectivity index (χ2n) is 5.86. The van der Waals surface area contributed by atoms with Crippen LogP contribution in [0.2, 0.25) is 10.0 Å². The molecule has 0 spiro atoms. The highest BCUT2D eigenvalue weighted by molar-refractivity contribution is 7.12. The van der Waals surface area contributed by atoms with Crippen molar-refractivity contribution in [3.8, 4) is 0 Å². The average Bonchev–Trinajstić information content (AvgIpc) is 3.20. The number of hydrogen-bond acceptors (Lipinski definition) is 5. The first-order chi connectivity index (χ1) is 13.4. The molecule has 1 N–H and O–H groups in total. The molecule has 28 heavy (non-hydrogen) atoms. The Bertz CT molecular complexity index is 827. The van der Waals surface area contributed by atoms with E-state index < -0.39 is 5.97 Å². The molecule has 0 radical (unpaired) electrons. The topological polar surface area (TPSA) is 75.7 Å². The van der Waals surface area contributed by atoms with Gasteiger partial charge in [-0.25, -0.2) is 0 Å². The number of nitrogens with one attached hydrogen (secondary N) is 1. The van der Waals surface area contributed by atoms with Gasteiger partial charge in [0.15, 0.2) is 0 Å². The third kappa shape index (κ3) is 6.82. The lowest BCUT2D eigenvalue weighted by atomic mass is 10.1. The van der Waals surface area contributed by atoms with Crippen LogP contribution in [0.3, 0.4) is 0 Å². The molecule has 0 atom stereocenters. The van der Waals surface area contributed by atoms with Gasteiger partial charge in [0.05, 0.1) is 12.0 Å². The van der Waals surface area contributed by atoms with Crippen molar-refractivity contribution < 1.29 is 19.1 Å². The summed E-state index contributed by atoms with van der Waals surface area (Å²) in [5.74, 6) is -1.00. The summed E-state index contributed by atoms with van der Waals surface area (Å²) < 4.78 is 4.67. The standard InChI is InChI=1S/C19H20Cl2N2O4S/c1-27-18(25)12-23(9-7-13-4-5-14(20)11-15(13)21)17(24)6-8-22-19(26)16-3-2-10-28-16/h2-5,10-11H,6-9,12H2,1H3,(H,22,26). The summed E-state index contributed by atoms with van der Waals surface area (Å²) in [6, 6.07) is 8.62. The van der Waals surface area contributed by atoms with Gasteiger partial charge in [-0.1, -0.05) is 35.3 Å². The van der Waals surface area contributed by atoms with Gasteiger partial charge >= 0.3 is 5.97 Å². The summed E-state index contributed by atoms with van der Waals surface area (Å²) >= 11 is 13.4. The fraction of sp³-hybridized carbons (Fsp3) is 0.316. The van der Waals surface area contributed by atoms with E-state index in [1.807, 2.05) is 0 Å². The predicted molar refractivity (Wildman–Crippen MR) is 110 cm³/mol. The number of halogens is 2. The zero-order valence-electron chi connectivity index (χ0n) is 15.2. The number of esters is 1. The van der Waals surface area contributed by atoms with Gasteiger partial charge in [0.25, 0.3) is 5.91 Å². The first kappa shape index (κ1) is 22.2. The second kappa shape index (κ2) is 11.0. The molecule has 0 aliphatic heterocycles. The van der Waals surface area contributed by atoms with Gasteiger partial charge in [0, 0.05) is 29.6 Å². The summed E-state index contributed by atoms with van der Waals surface area (Å²) in [7, 11) is 1.27. The van der Waals surface area contributed by atoms with E-state index in [1.54, 1.807) is 35.7 Å². The summed E-state index contributed by atoms with van der Waals surface area (Å²) in [5, 5.41) is 5.53. The number of thiophene rings is 1. The van der Waals surface area contributed by atoms with E-state index >= 15 is 0 Å². The zero-order chi connectivity index (χ0) is 20.5. The van der Waals surface area contributed by atoms with E-state index in [4.69, 9.17) is 23.2 Å². The highest BCUT2D eigenvalue weighted by atomic mass is 35.5. The second-order valence-corrected chi connectivity index (χ2v) is 7.65. The molecule has 2 amide bonds. The zero-order valence-corrected chi connectivity index (χ0v) is 17.6. The van der Waals surface area contributed by atoms with E-state index in [2.05, 4.69) is 10.1 Å². The Hall–Kier alpha value is -2.09. The maximum Gasteiger partial charge on any atom is 0.325 e. The number of ether oxygens (including phenoxy) is 1. The van der Waals surface area contributed by atoms with Gasteiger partial charge in [-0.2, -0.15) is 0 Å². The normalized spacial score (nSPS) is 10.4. The highest BCUT2D eigenvalue weighted by Crippen LogP contribution is 2.21. The van der Waals surface area contributed by atoms with Crippen molar-refractivity contribution in [3.63, 3.8) is 0 Å². The van der Waals surface area contributed by atoms with Crippen molar-refractivity contribution in [2.75, 3.05) is 26.7 Å². The number of amides is 2. The molecule has 1 aromatic carbocycles. The summed E-state index contributed by atoms with van der Waals surface area (Å²) in [6.07, 6.45) is 0.531. The quantitative estimate of drug-likeness (QED) is 0.603. The summed E-state index contributed by atoms with van der Waals surface area (Å²) in [4.78, 5) is 38.1. The van der Waals surface area contributed by atoms with Crippen LogP contribution < -0.4 is 5.32 Å². The highest BCUT2D eigenvalue weighted by Gasteiger charge is 2.18. The number of hydrogen-bond donors (Lipinski definition) is 1. The molecular weight excluding hydrogens is 423 g/mol. The number of carbonyl (C=O) groups excluding carboxylic acids is 3. The van der Waals surface area contributed by atoms with Crippen molar-refractivity contribution in [2.24, 2.45) is 0 Å². The fourth-order valence-corrected chi connectivity index (χ4v) is 3.57. The third-order valence-electron chi connectivity index (χ3n) is 3.94. The van der Waals surface area contributed by atoms with Crippen LogP contribution in [0, 0.1) is 0 Å². The van der Waals surface area contributed by atoms with Gasteiger partial charge in [0.2, 0.25) is 5.91 Å². The van der Waals surface area contributed by atoms with E-state index in [0.717, 1.165) is 5.56 Å². The number of nitrogens with zero attached hydrogens (tertiary/aromatic N) is 1. The largest absolute Gasteiger partial charge is 0.468 e. The monoisotopic (exact) mass is 442 g/mol. The molecule has 2 aromatic rings. The average molecular weight is 443 g/mol. The summed E-state index contributed by atoms with van der Waals surface area (Å²) in [5.41, 5.74) is 0.819. The number of rotatable bonds is 9. The van der Waals surface area contributed by atoms with Crippen LogP contribution in [0.4, 0.5) is 0 Å². The molecular formula is C19H20Cl2N2O4S. The maximum absolute atomic E-state index is 12.5. The molecule has 150 valence electrons. The Kier molecular flexibility index (Phi) is 8.76. The minimum Gasteiger partial charge on any atom is -0.468 e. The Balaban J connectivity index is 1.91. The van der Waals surface area contributed by atoms with Crippen molar-refractivity contribution in [2.45, 2.75) is 12.8 Å². The molecule has 0 unspecified atom stereocenters. The first-order valence-corrected chi connectivity index (χ1v) is 10.1. The van der Waals surface area contributed by atoms with Gasteiger partial charge in [0.1, 0.15) is 6.54 Å². The lowest BCUT2D eigenvalue weighted by Crippen LogP contribution is -2.39. The minimum absolute atomic E-state index is 0.0719. The number of methoxy groups -OCH3 is 1. The predicted octanol–water partition coefficient (Wildman–Crippen LogP) is 3.42. The fourth-order valence-electron chi connectivity index (χ4n) is 2.43. The van der Waals surface area contributed by atoms with Crippen LogP contribution in [-0.4, -0.2) is 49.4 Å². The van der Waals surface area contributed by atoms with Crippen molar-refractivity contribution in [1.29, 1.82) is 0 Å². The summed E-state index contributed by atoms with van der Waals surface area (Å²) in [6.45, 7) is 0.294. The van der Waals surface area contributed by atoms with E-state index in [9.17, 15) is 14.4 Å². The molecule has 0 saturated heterocycles. The number of benzene rings is 1. The van der Waals surface area contributed by atoms with E-state index in [0.29, 0.717) is 21.3 Å². The third-order valence-corrected chi connectivity index (χ3v) is 5.39. The van der Waals surface area contributed by atoms with E-state index in [1.165, 1.54) is 23.3 Å². The van der Waals surface area contributed by atoms with Crippen molar-refractivity contribution >= 4 is 52.3 Å². The van der Waals surface area contributed by atoms with Crippen LogP contribution in [0.1, 0.15) is 21.7 Å².